The third-order valence-electron chi connectivity index (χ3n) is 19.7. The van der Waals surface area contributed by atoms with Crippen molar-refractivity contribution in [2.45, 2.75) is 0 Å². The molecule has 0 aliphatic carbocycles. The van der Waals surface area contributed by atoms with Gasteiger partial charge in [0.2, 0.25) is 0 Å². The van der Waals surface area contributed by atoms with Crippen LogP contribution in [0.25, 0.3) is 166 Å². The van der Waals surface area contributed by atoms with Crippen molar-refractivity contribution < 1.29 is 0 Å². The maximum absolute atomic E-state index is 2.47. The first-order valence-electron chi connectivity index (χ1n) is 32.5. The Morgan fingerprint density at radius 1 is 0.158 bits per heavy atom. The molecule has 95 heavy (non-hydrogen) atoms. The summed E-state index contributed by atoms with van der Waals surface area (Å²) in [5.74, 6) is 0. The number of para-hydroxylation sites is 3. The van der Waals surface area contributed by atoms with Gasteiger partial charge in [0.25, 0.3) is 0 Å². The van der Waals surface area contributed by atoms with Crippen molar-refractivity contribution in [2.24, 2.45) is 0 Å². The zero-order valence-electron chi connectivity index (χ0n) is 51.6. The van der Waals surface area contributed by atoms with Crippen molar-refractivity contribution in [1.29, 1.82) is 0 Å². The molecule has 9 aliphatic rings. The molecule has 5 heteroatoms. The minimum absolute atomic E-state index is 1.09. The van der Waals surface area contributed by atoms with Gasteiger partial charge in [0.15, 0.2) is 0 Å². The first kappa shape index (κ1) is 54.9. The van der Waals surface area contributed by atoms with Gasteiger partial charge >= 0.3 is 0 Å². The van der Waals surface area contributed by atoms with E-state index in [2.05, 4.69) is 385 Å². The summed E-state index contributed by atoms with van der Waals surface area (Å²) in [6.07, 6.45) is 0. The van der Waals surface area contributed by atoms with Crippen LogP contribution in [0.2, 0.25) is 0 Å². The number of benzene rings is 15. The van der Waals surface area contributed by atoms with Gasteiger partial charge in [-0.25, -0.2) is 0 Å². The van der Waals surface area contributed by atoms with E-state index in [4.69, 9.17) is 0 Å². The van der Waals surface area contributed by atoms with E-state index in [9.17, 15) is 0 Å². The maximum atomic E-state index is 2.47. The van der Waals surface area contributed by atoms with Gasteiger partial charge in [-0.15, -0.1) is 0 Å². The molecule has 3 aromatic heterocycles. The number of fused-ring (bicyclic) bond motifs is 2. The second kappa shape index (κ2) is 22.2. The Labute approximate surface area is 564 Å². The second-order valence-electron chi connectivity index (χ2n) is 25.1. The predicted octanol–water partition coefficient (Wildman–Crippen LogP) is 25.3. The summed E-state index contributed by atoms with van der Waals surface area (Å²) in [6, 6.07) is 128. The molecule has 4 nitrogen and oxygen atoms in total. The third kappa shape index (κ3) is 9.33. The first-order valence-corrected chi connectivity index (χ1v) is 33.4. The Kier molecular flexibility index (Phi) is 12.9. The van der Waals surface area contributed by atoms with Crippen LogP contribution in [0.5, 0.6) is 0 Å². The fraction of sp³-hybridized carbons (Fsp3) is 0. The van der Waals surface area contributed by atoms with E-state index in [0.29, 0.717) is 0 Å². The summed E-state index contributed by atoms with van der Waals surface area (Å²) in [5, 5.41) is 7.37. The van der Waals surface area contributed by atoms with Crippen LogP contribution in [0.1, 0.15) is 0 Å². The zero-order valence-corrected chi connectivity index (χ0v) is 53.7. The van der Waals surface area contributed by atoms with Gasteiger partial charge in [0.1, 0.15) is 0 Å². The molecule has 0 amide bonds. The van der Waals surface area contributed by atoms with E-state index >= 15 is 0 Å². The van der Waals surface area contributed by atoms with Gasteiger partial charge in [-0.1, -0.05) is 212 Å². The standard InChI is InChI=1S/C90H57IN4/c91-95-89-50-40-72-56-83(89)84-57-73(41-51-90(84)95)67-30-26-65(27-31-67)71-39-49-88-82(55-71)80-53-69(37-47-86(80)94(88)76-14-8-3-9-15-76)63-22-18-59(19-23-63)61-34-44-78(45-35-61)92(74-10-4-1-5-11-74)77-42-32-60(33-43-77)58-16-20-62(21-17-58)68-36-46-85-79(52-68)81-54-70(64-24-28-66(72)29-25-64)38-48-87(81)93(85)75-12-6-2-7-13-75/h1-57H. The van der Waals surface area contributed by atoms with E-state index < -0.39 is 0 Å². The molecule has 0 saturated carbocycles. The number of halogens is 1. The largest absolute Gasteiger partial charge is 0.311 e. The summed E-state index contributed by atoms with van der Waals surface area (Å²) in [4.78, 5) is 2.34. The Hall–Kier alpha value is -11.8. The Bertz CT molecular complexity index is 5660. The van der Waals surface area contributed by atoms with E-state index in [1.807, 2.05) is 0 Å². The van der Waals surface area contributed by atoms with Gasteiger partial charge in [-0.05, 0) is 222 Å². The highest BCUT2D eigenvalue weighted by Crippen LogP contribution is 2.44. The van der Waals surface area contributed by atoms with Crippen molar-refractivity contribution in [3.8, 4) is 100 Å². The number of rotatable bonds is 3. The molecule has 0 saturated heterocycles. The molecule has 0 N–H and O–H groups in total. The van der Waals surface area contributed by atoms with Crippen molar-refractivity contribution in [3.63, 3.8) is 0 Å². The lowest BCUT2D eigenvalue weighted by Crippen LogP contribution is -2.09. The van der Waals surface area contributed by atoms with E-state index in [0.717, 1.165) is 39.6 Å². The van der Waals surface area contributed by atoms with Crippen LogP contribution in [-0.4, -0.2) is 11.9 Å². The Morgan fingerprint density at radius 2 is 0.337 bits per heavy atom. The average molecular weight is 1320 g/mol. The topological polar surface area (TPSA) is 18.0 Å². The molecular formula is C90H57IN4. The fourth-order valence-electron chi connectivity index (χ4n) is 14.9. The summed E-state index contributed by atoms with van der Waals surface area (Å²) in [5.41, 5.74) is 31.6. The third-order valence-corrected chi connectivity index (χ3v) is 20.8. The monoisotopic (exact) mass is 1320 g/mol. The number of nitrogens with zero attached hydrogens (tertiary/aromatic N) is 4. The Balaban J connectivity index is 0.737. The van der Waals surface area contributed by atoms with Crippen LogP contribution in [0, 0.1) is 0 Å². The number of aromatic nitrogens is 3. The SMILES string of the molecule is In1c2ccc3cc2c2cc(ccc21)-c1ccc(cc1)-c1ccc2c(c1)c1cc(ccc1n2-c1ccccc1)-c1ccc(cc1)-c1ccc(cc1)N(c1ccccc1)c1ccc(cc1)-c1ccc(cc1)-c1ccc2c(c1)c1cc(ccc1n2-c1ccccc1)-c1ccc-3cc1. The smallest absolute Gasteiger partial charge is 0.0646 e. The van der Waals surface area contributed by atoms with Gasteiger partial charge in [0.05, 0.1) is 56.0 Å². The molecule has 18 aromatic rings. The summed E-state index contributed by atoms with van der Waals surface area (Å²) >= 11 is 2.47. The van der Waals surface area contributed by atoms with E-state index in [1.54, 1.807) is 0 Å². The lowest BCUT2D eigenvalue weighted by molar-refractivity contribution is 1.18. The summed E-state index contributed by atoms with van der Waals surface area (Å²) in [6.45, 7) is 0. The number of hydrogen-bond acceptors (Lipinski definition) is 1. The van der Waals surface area contributed by atoms with Crippen LogP contribution in [0.15, 0.2) is 346 Å². The van der Waals surface area contributed by atoms with Gasteiger partial charge in [-0.2, -0.15) is 0 Å². The molecule has 0 spiro atoms. The van der Waals surface area contributed by atoms with Crippen LogP contribution < -0.4 is 4.90 Å². The molecule has 24 bridgehead atoms. The molecule has 0 atom stereocenters. The number of hydrogen-bond donors (Lipinski definition) is 0. The van der Waals surface area contributed by atoms with Gasteiger partial charge < -0.3 is 14.0 Å². The van der Waals surface area contributed by atoms with E-state index in [-0.39, 0.29) is 0 Å². The van der Waals surface area contributed by atoms with Crippen molar-refractivity contribution in [1.82, 2.24) is 11.9 Å². The Morgan fingerprint density at radius 3 is 0.589 bits per heavy atom. The average Bonchev–Trinajstić information content (AvgIpc) is 1.61. The zero-order chi connectivity index (χ0) is 62.7. The quantitative estimate of drug-likeness (QED) is 0.161. The number of anilines is 3. The molecule has 15 aromatic carbocycles. The van der Waals surface area contributed by atoms with Gasteiger partial charge in [0, 0.05) is 60.8 Å². The summed E-state index contributed by atoms with van der Waals surface area (Å²) in [7, 11) is 0. The maximum Gasteiger partial charge on any atom is 0.0646 e. The highest BCUT2D eigenvalue weighted by molar-refractivity contribution is 14.1. The van der Waals surface area contributed by atoms with Crippen LogP contribution in [0.3, 0.4) is 0 Å². The minimum Gasteiger partial charge on any atom is -0.311 e. The lowest BCUT2D eigenvalue weighted by Gasteiger charge is -2.26. The minimum atomic E-state index is 1.09. The first-order chi connectivity index (χ1) is 47.0. The molecule has 0 radical (unpaired) electrons. The molecule has 0 unspecified atom stereocenters. The van der Waals surface area contributed by atoms with Crippen molar-refractivity contribution >= 4 is 105 Å². The van der Waals surface area contributed by atoms with Crippen LogP contribution in [0.4, 0.5) is 17.1 Å². The van der Waals surface area contributed by atoms with Gasteiger partial charge in [-0.3, -0.25) is 2.78 Å². The molecule has 12 heterocycles. The second-order valence-corrected chi connectivity index (χ2v) is 26.1. The fourth-order valence-corrected chi connectivity index (χ4v) is 15.7. The highest BCUT2D eigenvalue weighted by atomic mass is 127. The molecular weight excluding hydrogens is 1260 g/mol. The van der Waals surface area contributed by atoms with Crippen molar-refractivity contribution in [3.05, 3.63) is 346 Å². The molecule has 444 valence electrons. The van der Waals surface area contributed by atoms with E-state index in [1.165, 1.54) is 143 Å². The van der Waals surface area contributed by atoms with Crippen LogP contribution >= 0.6 is 22.9 Å². The van der Waals surface area contributed by atoms with Crippen molar-refractivity contribution in [2.75, 3.05) is 4.90 Å². The lowest BCUT2D eigenvalue weighted by atomic mass is 9.96. The normalized spacial score (nSPS) is 12.0. The summed E-state index contributed by atoms with van der Waals surface area (Å²) < 4.78 is 7.12. The molecule has 0 fully saturated rings. The predicted molar refractivity (Wildman–Crippen MR) is 409 cm³/mol. The molecule has 9 aliphatic heterocycles. The highest BCUT2D eigenvalue weighted by Gasteiger charge is 2.20. The van der Waals surface area contributed by atoms with Crippen LogP contribution in [-0.2, 0) is 0 Å². The molecule has 27 rings (SSSR count).